The zero-order valence-corrected chi connectivity index (χ0v) is 15.7. The van der Waals surface area contributed by atoms with E-state index >= 15 is 0 Å². The molecule has 3 rings (SSSR count). The zero-order valence-electron chi connectivity index (χ0n) is 15.7. The Hall–Kier alpha value is -3.03. The molecule has 1 aromatic carbocycles. The van der Waals surface area contributed by atoms with Crippen LogP contribution in [0.3, 0.4) is 0 Å². The molecule has 27 heavy (non-hydrogen) atoms. The SMILES string of the molecule is COc1ccc(C(=O)N2CCC(C(=O)Nc3cc(C)on3)CC2)c(OC)c1. The molecule has 2 aromatic rings. The Labute approximate surface area is 157 Å². The number of carbonyl (C=O) groups is 2. The molecule has 0 spiro atoms. The number of aryl methyl sites for hydroxylation is 1. The van der Waals surface area contributed by atoms with Gasteiger partial charge in [-0.2, -0.15) is 0 Å². The third-order valence-corrected chi connectivity index (χ3v) is 4.67. The highest BCUT2D eigenvalue weighted by atomic mass is 16.5. The number of aromatic nitrogens is 1. The van der Waals surface area contributed by atoms with Gasteiger partial charge >= 0.3 is 0 Å². The second-order valence-corrected chi connectivity index (χ2v) is 6.44. The van der Waals surface area contributed by atoms with E-state index in [9.17, 15) is 9.59 Å². The number of hydrogen-bond acceptors (Lipinski definition) is 6. The Bertz CT molecular complexity index is 825. The molecule has 0 atom stereocenters. The first-order valence-electron chi connectivity index (χ1n) is 8.77. The van der Waals surface area contributed by atoms with Gasteiger partial charge in [0.15, 0.2) is 5.82 Å². The van der Waals surface area contributed by atoms with Crippen molar-refractivity contribution < 1.29 is 23.6 Å². The molecule has 1 aromatic heterocycles. The van der Waals surface area contributed by atoms with E-state index in [2.05, 4.69) is 10.5 Å². The molecule has 0 aliphatic carbocycles. The van der Waals surface area contributed by atoms with Crippen molar-refractivity contribution in [3.05, 3.63) is 35.6 Å². The number of nitrogens with zero attached hydrogens (tertiary/aromatic N) is 2. The van der Waals surface area contributed by atoms with Crippen LogP contribution < -0.4 is 14.8 Å². The Kier molecular flexibility index (Phi) is 5.63. The number of benzene rings is 1. The van der Waals surface area contributed by atoms with Crippen LogP contribution in [0.25, 0.3) is 0 Å². The summed E-state index contributed by atoms with van der Waals surface area (Å²) < 4.78 is 15.4. The minimum Gasteiger partial charge on any atom is -0.497 e. The van der Waals surface area contributed by atoms with Crippen LogP contribution in [0, 0.1) is 12.8 Å². The molecule has 1 N–H and O–H groups in total. The topological polar surface area (TPSA) is 93.9 Å². The van der Waals surface area contributed by atoms with Gasteiger partial charge in [0.2, 0.25) is 5.91 Å². The minimum absolute atomic E-state index is 0.0996. The van der Waals surface area contributed by atoms with Gasteiger partial charge in [-0.25, -0.2) is 0 Å². The Morgan fingerprint density at radius 2 is 1.93 bits per heavy atom. The number of rotatable bonds is 5. The largest absolute Gasteiger partial charge is 0.497 e. The third-order valence-electron chi connectivity index (χ3n) is 4.67. The second-order valence-electron chi connectivity index (χ2n) is 6.44. The maximum absolute atomic E-state index is 12.8. The van der Waals surface area contributed by atoms with Crippen LogP contribution in [-0.4, -0.2) is 49.2 Å². The number of amides is 2. The molecule has 1 aliphatic rings. The summed E-state index contributed by atoms with van der Waals surface area (Å²) >= 11 is 0. The van der Waals surface area contributed by atoms with Crippen LogP contribution in [0.15, 0.2) is 28.8 Å². The molecule has 0 unspecified atom stereocenters. The van der Waals surface area contributed by atoms with Crippen molar-refractivity contribution in [3.63, 3.8) is 0 Å². The monoisotopic (exact) mass is 373 g/mol. The van der Waals surface area contributed by atoms with Gasteiger partial charge in [0.1, 0.15) is 17.3 Å². The average molecular weight is 373 g/mol. The van der Waals surface area contributed by atoms with E-state index in [-0.39, 0.29) is 17.7 Å². The van der Waals surface area contributed by atoms with Gasteiger partial charge < -0.3 is 24.2 Å². The second kappa shape index (κ2) is 8.11. The predicted molar refractivity (Wildman–Crippen MR) is 98.0 cm³/mol. The molecule has 1 saturated heterocycles. The fraction of sp³-hybridized carbons (Fsp3) is 0.421. The van der Waals surface area contributed by atoms with Gasteiger partial charge in [-0.3, -0.25) is 9.59 Å². The maximum Gasteiger partial charge on any atom is 0.257 e. The highest BCUT2D eigenvalue weighted by Crippen LogP contribution is 2.28. The number of piperidine rings is 1. The lowest BCUT2D eigenvalue weighted by atomic mass is 9.95. The van der Waals surface area contributed by atoms with E-state index in [1.807, 2.05) is 0 Å². The van der Waals surface area contributed by atoms with Crippen molar-refractivity contribution in [2.75, 3.05) is 32.6 Å². The molecule has 0 bridgehead atoms. The van der Waals surface area contributed by atoms with Crippen molar-refractivity contribution in [1.29, 1.82) is 0 Å². The van der Waals surface area contributed by atoms with E-state index in [0.29, 0.717) is 54.6 Å². The van der Waals surface area contributed by atoms with Gasteiger partial charge in [-0.15, -0.1) is 0 Å². The van der Waals surface area contributed by atoms with Crippen molar-refractivity contribution in [2.45, 2.75) is 19.8 Å². The van der Waals surface area contributed by atoms with Crippen LogP contribution in [-0.2, 0) is 4.79 Å². The molecule has 0 radical (unpaired) electrons. The summed E-state index contributed by atoms with van der Waals surface area (Å²) in [5.41, 5.74) is 0.485. The number of ether oxygens (including phenoxy) is 2. The standard InChI is InChI=1S/C19H23N3O5/c1-12-10-17(21-27-12)20-18(23)13-6-8-22(9-7-13)19(24)15-5-4-14(25-2)11-16(15)26-3/h4-5,10-11,13H,6-9H2,1-3H3,(H,20,21,23). The summed E-state index contributed by atoms with van der Waals surface area (Å²) in [7, 11) is 3.08. The molecule has 2 heterocycles. The van der Waals surface area contributed by atoms with E-state index in [0.717, 1.165) is 0 Å². The van der Waals surface area contributed by atoms with Gasteiger partial charge in [0.05, 0.1) is 19.8 Å². The summed E-state index contributed by atoms with van der Waals surface area (Å²) in [4.78, 5) is 26.9. The molecule has 144 valence electrons. The van der Waals surface area contributed by atoms with Gasteiger partial charge in [0, 0.05) is 31.1 Å². The van der Waals surface area contributed by atoms with Crippen molar-refractivity contribution >= 4 is 17.6 Å². The van der Waals surface area contributed by atoms with E-state index < -0.39 is 0 Å². The Balaban J connectivity index is 1.60. The fourth-order valence-corrected chi connectivity index (χ4v) is 3.14. The van der Waals surface area contributed by atoms with Crippen LogP contribution in [0.4, 0.5) is 5.82 Å². The fourth-order valence-electron chi connectivity index (χ4n) is 3.14. The van der Waals surface area contributed by atoms with Crippen molar-refractivity contribution in [2.24, 2.45) is 5.92 Å². The molecule has 0 saturated carbocycles. The third kappa shape index (κ3) is 4.21. The molecule has 8 nitrogen and oxygen atoms in total. The number of anilines is 1. The quantitative estimate of drug-likeness (QED) is 0.865. The molecular formula is C19H23N3O5. The molecule has 1 aliphatic heterocycles. The summed E-state index contributed by atoms with van der Waals surface area (Å²) in [6.45, 7) is 2.77. The first kappa shape index (κ1) is 18.8. The highest BCUT2D eigenvalue weighted by Gasteiger charge is 2.29. The first-order valence-corrected chi connectivity index (χ1v) is 8.77. The Morgan fingerprint density at radius 1 is 1.19 bits per heavy atom. The van der Waals surface area contributed by atoms with Crippen LogP contribution in [0.1, 0.15) is 29.0 Å². The van der Waals surface area contributed by atoms with E-state index in [1.165, 1.54) is 7.11 Å². The van der Waals surface area contributed by atoms with E-state index in [1.54, 1.807) is 43.2 Å². The van der Waals surface area contributed by atoms with Crippen LogP contribution in [0.2, 0.25) is 0 Å². The summed E-state index contributed by atoms with van der Waals surface area (Å²) in [6, 6.07) is 6.79. The molecule has 2 amide bonds. The number of likely N-dealkylation sites (tertiary alicyclic amines) is 1. The molecular weight excluding hydrogens is 350 g/mol. The molecule has 1 fully saturated rings. The van der Waals surface area contributed by atoms with Crippen LogP contribution in [0.5, 0.6) is 11.5 Å². The lowest BCUT2D eigenvalue weighted by Gasteiger charge is -2.31. The van der Waals surface area contributed by atoms with Crippen LogP contribution >= 0.6 is 0 Å². The summed E-state index contributed by atoms with van der Waals surface area (Å²) in [5.74, 6) is 1.78. The van der Waals surface area contributed by atoms with Gasteiger partial charge in [-0.05, 0) is 31.9 Å². The maximum atomic E-state index is 12.8. The number of carbonyl (C=O) groups excluding carboxylic acids is 2. The zero-order chi connectivity index (χ0) is 19.4. The summed E-state index contributed by atoms with van der Waals surface area (Å²) in [5, 5.41) is 6.53. The normalized spacial score (nSPS) is 14.7. The Morgan fingerprint density at radius 3 is 2.52 bits per heavy atom. The number of methoxy groups -OCH3 is 2. The van der Waals surface area contributed by atoms with Gasteiger partial charge in [0.25, 0.3) is 5.91 Å². The highest BCUT2D eigenvalue weighted by molar-refractivity contribution is 5.97. The first-order chi connectivity index (χ1) is 13.0. The van der Waals surface area contributed by atoms with Crippen molar-refractivity contribution in [1.82, 2.24) is 10.1 Å². The van der Waals surface area contributed by atoms with E-state index in [4.69, 9.17) is 14.0 Å². The smallest absolute Gasteiger partial charge is 0.257 e. The predicted octanol–water partition coefficient (Wildman–Crippen LogP) is 2.49. The minimum atomic E-state index is -0.163. The molecule has 8 heteroatoms. The van der Waals surface area contributed by atoms with Gasteiger partial charge in [-0.1, -0.05) is 5.16 Å². The lowest BCUT2D eigenvalue weighted by molar-refractivity contribution is -0.121. The number of hydrogen-bond donors (Lipinski definition) is 1. The number of nitrogens with one attached hydrogen (secondary N) is 1. The average Bonchev–Trinajstić information content (AvgIpc) is 3.11. The summed E-state index contributed by atoms with van der Waals surface area (Å²) in [6.07, 6.45) is 1.18. The van der Waals surface area contributed by atoms with Crippen molar-refractivity contribution in [3.8, 4) is 11.5 Å². The lowest BCUT2D eigenvalue weighted by Crippen LogP contribution is -2.41.